The number of nitro groups is 1. The first-order chi connectivity index (χ1) is 25.9. The molecular weight excluding hydrogens is 743 g/mol. The van der Waals surface area contributed by atoms with Crippen LogP contribution in [-0.2, 0) is 32.2 Å². The Balaban J connectivity index is 1.50. The van der Waals surface area contributed by atoms with Crippen LogP contribution in [0.5, 0.6) is 0 Å². The van der Waals surface area contributed by atoms with Crippen molar-refractivity contribution in [1.29, 1.82) is 0 Å². The molecule has 2 N–H and O–H groups in total. The summed E-state index contributed by atoms with van der Waals surface area (Å²) in [6.07, 6.45) is 11.2. The molecule has 0 aromatic heterocycles. The van der Waals surface area contributed by atoms with Crippen LogP contribution >= 0.6 is 0 Å². The molecule has 55 heavy (non-hydrogen) atoms. The summed E-state index contributed by atoms with van der Waals surface area (Å²) in [4.78, 5) is 12.4. The average molecular weight is 791 g/mol. The summed E-state index contributed by atoms with van der Waals surface area (Å²) in [5, 5.41) is 12.1. The number of anilines is 1. The Kier molecular flexibility index (Phi) is 12.7. The molecule has 0 saturated carbocycles. The first kappa shape index (κ1) is 41.3. The summed E-state index contributed by atoms with van der Waals surface area (Å²) in [6, 6.07) is 19.1. The Hall–Kier alpha value is -4.89. The minimum atomic E-state index is -4.46. The maximum absolute atomic E-state index is 12.1. The normalized spacial score (nSPS) is 17.6. The van der Waals surface area contributed by atoms with E-state index in [2.05, 4.69) is 25.3 Å². The molecule has 14 heteroatoms. The van der Waals surface area contributed by atoms with E-state index < -0.39 is 36.3 Å². The van der Waals surface area contributed by atoms with Gasteiger partial charge in [-0.2, -0.15) is 16.8 Å². The van der Waals surface area contributed by atoms with Gasteiger partial charge in [-0.05, 0) is 86.4 Å². The average Bonchev–Trinajstić information content (AvgIpc) is 3.35. The summed E-state index contributed by atoms with van der Waals surface area (Å²) in [5.41, 5.74) is 4.49. The summed E-state index contributed by atoms with van der Waals surface area (Å²) in [7, 11) is -8.65. The lowest BCUT2D eigenvalue weighted by Crippen LogP contribution is -2.30. The first-order valence-corrected chi connectivity index (χ1v) is 21.3. The molecule has 2 aliphatic heterocycles. The van der Waals surface area contributed by atoms with E-state index in [0.717, 1.165) is 45.7 Å². The van der Waals surface area contributed by atoms with Crippen molar-refractivity contribution in [3.05, 3.63) is 135 Å². The van der Waals surface area contributed by atoms with Crippen molar-refractivity contribution < 1.29 is 35.3 Å². The van der Waals surface area contributed by atoms with E-state index in [0.29, 0.717) is 30.8 Å². The Morgan fingerprint density at radius 2 is 1.67 bits per heavy atom. The van der Waals surface area contributed by atoms with Crippen molar-refractivity contribution in [3.63, 3.8) is 0 Å². The van der Waals surface area contributed by atoms with Crippen molar-refractivity contribution in [2.45, 2.75) is 76.7 Å². The van der Waals surface area contributed by atoms with Crippen LogP contribution in [-0.4, -0.2) is 49.7 Å². The fourth-order valence-electron chi connectivity index (χ4n) is 7.14. The molecule has 3 aliphatic rings. The molecule has 2 aromatic carbocycles. The van der Waals surface area contributed by atoms with Gasteiger partial charge in [0, 0.05) is 58.6 Å². The number of nitrogens with zero attached hydrogens (tertiary/aromatic N) is 3. The van der Waals surface area contributed by atoms with Gasteiger partial charge in [-0.3, -0.25) is 19.2 Å². The molecule has 12 nitrogen and oxygen atoms in total. The van der Waals surface area contributed by atoms with Gasteiger partial charge in [0.2, 0.25) is 5.36 Å². The molecule has 0 amide bonds. The standard InChI is InChI=1S/C41H47N3O9S2/c1-6-22-41(5)36-27-34(55(50,51)52)19-21-37(36)43(23-11-24-54(47,48)49)40(41)13-10-8-9-12-31-25-38(29(3)4)53-39-26-33(18-20-35(31)39)42(7-2)28-30-14-16-32(17-15-30)44(45)46/h8-10,12-21,25-27,29H,6-7,11,22-24,28H2,1-5H3,(H-,47,48,49,50,51,52)/p+1. The second kappa shape index (κ2) is 16.9. The molecule has 2 heterocycles. The molecular formula is C41H48N3O9S2+. The molecule has 0 fully saturated rings. The smallest absolute Gasteiger partial charge is 0.294 e. The maximum atomic E-state index is 12.1. The van der Waals surface area contributed by atoms with Gasteiger partial charge >= 0.3 is 0 Å². The molecule has 0 spiro atoms. The second-order valence-electron chi connectivity index (χ2n) is 14.2. The lowest BCUT2D eigenvalue weighted by molar-refractivity contribution is -0.384. The fraction of sp³-hybridized carbons (Fsp3) is 0.341. The highest BCUT2D eigenvalue weighted by atomic mass is 32.2. The van der Waals surface area contributed by atoms with E-state index in [4.69, 9.17) is 4.42 Å². The molecule has 0 radical (unpaired) electrons. The number of hydrogen-bond donors (Lipinski definition) is 2. The SMILES string of the molecule is CCCC1(C)C(=CC=CC=Cc2cc(C(C)C)oc3cc(=[N+](CC)Cc4ccc([N+](=O)[O-])cc4)ccc2-3)N(CCCS(=O)(=O)O)c2ccc(S(=O)(=O)O)cc21. The number of nitro benzene ring substituents is 1. The first-order valence-electron chi connectivity index (χ1n) is 18.2. The van der Waals surface area contributed by atoms with Crippen LogP contribution < -0.4 is 14.8 Å². The van der Waals surface area contributed by atoms with E-state index in [1.54, 1.807) is 18.2 Å². The zero-order chi connectivity index (χ0) is 40.1. The number of non-ortho nitro benzene ring substituents is 1. The third-order valence-corrected chi connectivity index (χ3v) is 11.6. The van der Waals surface area contributed by atoms with E-state index in [-0.39, 0.29) is 29.5 Å². The molecule has 1 atom stereocenters. The predicted octanol–water partition coefficient (Wildman–Crippen LogP) is 7.96. The van der Waals surface area contributed by atoms with Gasteiger partial charge in [-0.15, -0.1) is 0 Å². The molecule has 292 valence electrons. The number of allylic oxidation sites excluding steroid dienone is 5. The highest BCUT2D eigenvalue weighted by Crippen LogP contribution is 2.51. The van der Waals surface area contributed by atoms with Gasteiger partial charge in [0.15, 0.2) is 6.54 Å². The van der Waals surface area contributed by atoms with Crippen molar-refractivity contribution in [3.8, 4) is 11.3 Å². The lowest BCUT2D eigenvalue weighted by atomic mass is 9.77. The van der Waals surface area contributed by atoms with Crippen LogP contribution in [0.25, 0.3) is 17.4 Å². The van der Waals surface area contributed by atoms with Gasteiger partial charge in [0.1, 0.15) is 18.1 Å². The van der Waals surface area contributed by atoms with Gasteiger partial charge < -0.3 is 9.32 Å². The summed E-state index contributed by atoms with van der Waals surface area (Å²) in [6.45, 7) is 11.8. The molecule has 0 bridgehead atoms. The highest BCUT2D eigenvalue weighted by molar-refractivity contribution is 7.86. The van der Waals surface area contributed by atoms with Crippen LogP contribution in [0, 0.1) is 10.1 Å². The van der Waals surface area contributed by atoms with E-state index >= 15 is 0 Å². The third-order valence-electron chi connectivity index (χ3n) is 9.93. The molecule has 5 rings (SSSR count). The summed E-state index contributed by atoms with van der Waals surface area (Å²) in [5.74, 6) is 1.24. The molecule has 2 aromatic rings. The van der Waals surface area contributed by atoms with Crippen molar-refractivity contribution >= 4 is 37.7 Å². The zero-order valence-corrected chi connectivity index (χ0v) is 33.3. The minimum Gasteiger partial charge on any atom is -0.461 e. The van der Waals surface area contributed by atoms with Gasteiger partial charge in [-0.25, -0.2) is 4.58 Å². The van der Waals surface area contributed by atoms with Crippen LogP contribution in [0.1, 0.15) is 82.2 Å². The summed E-state index contributed by atoms with van der Waals surface area (Å²) < 4.78 is 75.1. The van der Waals surface area contributed by atoms with Crippen LogP contribution in [0.2, 0.25) is 0 Å². The highest BCUT2D eigenvalue weighted by Gasteiger charge is 2.43. The van der Waals surface area contributed by atoms with E-state index in [9.17, 15) is 36.1 Å². The zero-order valence-electron chi connectivity index (χ0n) is 31.7. The third kappa shape index (κ3) is 9.68. The molecule has 1 aliphatic carbocycles. The maximum Gasteiger partial charge on any atom is 0.294 e. The monoisotopic (exact) mass is 790 g/mol. The van der Waals surface area contributed by atoms with Crippen LogP contribution in [0.15, 0.2) is 106 Å². The number of benzene rings is 3. The number of rotatable bonds is 15. The van der Waals surface area contributed by atoms with E-state index in [1.807, 2.05) is 73.4 Å². The predicted molar refractivity (Wildman–Crippen MR) is 215 cm³/mol. The Bertz CT molecular complexity index is 2410. The topological polar surface area (TPSA) is 171 Å². The molecule has 1 unspecified atom stereocenters. The minimum absolute atomic E-state index is 0.0521. The Morgan fingerprint density at radius 1 is 0.945 bits per heavy atom. The van der Waals surface area contributed by atoms with Crippen molar-refractivity contribution in [2.24, 2.45) is 0 Å². The van der Waals surface area contributed by atoms with Gasteiger partial charge in [-0.1, -0.05) is 51.5 Å². The number of hydrogen-bond acceptors (Lipinski definition) is 8. The van der Waals surface area contributed by atoms with Crippen LogP contribution in [0.3, 0.4) is 0 Å². The Labute approximate surface area is 322 Å². The van der Waals surface area contributed by atoms with Crippen molar-refractivity contribution in [1.82, 2.24) is 4.58 Å². The lowest BCUT2D eigenvalue weighted by Gasteiger charge is -2.30. The Morgan fingerprint density at radius 3 is 2.29 bits per heavy atom. The van der Waals surface area contributed by atoms with Crippen LogP contribution in [0.4, 0.5) is 11.4 Å². The van der Waals surface area contributed by atoms with Crippen molar-refractivity contribution in [2.75, 3.05) is 23.7 Å². The summed E-state index contributed by atoms with van der Waals surface area (Å²) >= 11 is 0. The second-order valence-corrected chi connectivity index (χ2v) is 17.2. The number of fused-ring (bicyclic) bond motifs is 2. The fourth-order valence-corrected chi connectivity index (χ4v) is 8.14. The largest absolute Gasteiger partial charge is 0.461 e. The van der Waals surface area contributed by atoms with E-state index in [1.165, 1.54) is 24.3 Å². The molecule has 0 saturated heterocycles. The van der Waals surface area contributed by atoms with Gasteiger partial charge in [0.05, 0.1) is 21.6 Å². The quantitative estimate of drug-likeness (QED) is 0.0396. The van der Waals surface area contributed by atoms with Gasteiger partial charge in [0.25, 0.3) is 25.9 Å².